The van der Waals surface area contributed by atoms with Crippen molar-refractivity contribution in [1.29, 1.82) is 0 Å². The maximum atomic E-state index is 12.8. The van der Waals surface area contributed by atoms with E-state index < -0.39 is 11.2 Å². The first-order chi connectivity index (χ1) is 12.8. The summed E-state index contributed by atoms with van der Waals surface area (Å²) in [6.07, 6.45) is 0.0627. The summed E-state index contributed by atoms with van der Waals surface area (Å²) in [4.78, 5) is 15.3. The Morgan fingerprint density at radius 1 is 1.25 bits per heavy atom. The second-order valence-electron chi connectivity index (χ2n) is 5.06. The molecule has 8 heteroatoms. The smallest absolute Gasteiger partial charge is 0.323 e. The topological polar surface area (TPSA) is 96.0 Å². The average Bonchev–Trinajstić information content (AvgIpc) is 3.07. The number of aromatic amines is 1. The molecule has 126 valence electrons. The van der Waals surface area contributed by atoms with Crippen LogP contribution in [0, 0.1) is 13.8 Å². The minimum absolute atomic E-state index is 0.0176. The van der Waals surface area contributed by atoms with Crippen LogP contribution in [0.25, 0.3) is 11.2 Å². The van der Waals surface area contributed by atoms with E-state index in [0.29, 0.717) is 22.6 Å². The Morgan fingerprint density at radius 2 is 2.04 bits per heavy atom. The molecular weight excluding hydrogens is 328 g/mol. The number of pyridine rings is 2. The second kappa shape index (κ2) is 6.66. The normalized spacial score (nSPS) is 14.1. The average molecular weight is 349 g/mol. The van der Waals surface area contributed by atoms with E-state index in [1.54, 1.807) is 13.8 Å². The van der Waals surface area contributed by atoms with Gasteiger partial charge in [0.1, 0.15) is 5.75 Å². The van der Waals surface area contributed by atoms with E-state index in [1.807, 2.05) is 0 Å². The fourth-order valence-corrected chi connectivity index (χ4v) is 3.36. The summed E-state index contributed by atoms with van der Waals surface area (Å²) in [5.74, 6) is 0.549. The molecule has 0 saturated heterocycles. The molecule has 7 nitrogen and oxygen atoms in total. The molecule has 0 aliphatic carbocycles. The molecule has 3 aromatic rings. The van der Waals surface area contributed by atoms with Crippen molar-refractivity contribution in [2.24, 2.45) is 0 Å². The Bertz CT molecular complexity index is 1030. The maximum Gasteiger partial charge on any atom is 0.323 e. The van der Waals surface area contributed by atoms with Crippen LogP contribution in [0.1, 0.15) is 20.9 Å². The Kier molecular flexibility index (Phi) is 3.61. The highest BCUT2D eigenvalue weighted by Crippen LogP contribution is 2.26. The number of nitrogens with one attached hydrogen (secondary N) is 1. The van der Waals surface area contributed by atoms with Crippen molar-refractivity contribution < 1.29 is 18.1 Å². The molecule has 0 aliphatic rings. The summed E-state index contributed by atoms with van der Waals surface area (Å²) < 4.78 is 46.9. The van der Waals surface area contributed by atoms with Gasteiger partial charge < -0.3 is 14.0 Å². The van der Waals surface area contributed by atoms with E-state index in [2.05, 4.69) is 19.9 Å². The van der Waals surface area contributed by atoms with Crippen LogP contribution >= 0.6 is 0 Å². The van der Waals surface area contributed by atoms with Crippen molar-refractivity contribution in [3.05, 3.63) is 35.1 Å². The lowest BCUT2D eigenvalue weighted by atomic mass is 10.1. The summed E-state index contributed by atoms with van der Waals surface area (Å²) in [6, 6.07) is -0.307. The standard InChI is InChI=1S/C16H18N4O3S/c1-9-7-17-12(10(2)14(9)23-4)8-24(21)16-18-11-5-6-13(22-3)19-15(11)20-16/h5-7H,8H2,1-4H3,(H,18,19,20)/i5D,6D,7D. The summed E-state index contributed by atoms with van der Waals surface area (Å²) >= 11 is -1.62. The molecule has 1 unspecified atom stereocenters. The van der Waals surface area contributed by atoms with Gasteiger partial charge >= 0.3 is 5.16 Å². The molecule has 0 saturated carbocycles. The number of hydrogen-bond acceptors (Lipinski definition) is 6. The zero-order valence-electron chi connectivity index (χ0n) is 16.7. The van der Waals surface area contributed by atoms with Crippen LogP contribution in [0.5, 0.6) is 11.6 Å². The van der Waals surface area contributed by atoms with Crippen molar-refractivity contribution in [2.45, 2.75) is 24.8 Å². The predicted octanol–water partition coefficient (Wildman–Crippen LogP) is 2.29. The van der Waals surface area contributed by atoms with Crippen LogP contribution in [-0.4, -0.2) is 38.7 Å². The number of imidazole rings is 1. The van der Waals surface area contributed by atoms with Gasteiger partial charge in [0.15, 0.2) is 11.4 Å². The van der Waals surface area contributed by atoms with Crippen molar-refractivity contribution >= 4 is 22.3 Å². The third-order valence-electron chi connectivity index (χ3n) is 3.52. The summed E-state index contributed by atoms with van der Waals surface area (Å²) in [5.41, 5.74) is 2.18. The van der Waals surface area contributed by atoms with Crippen LogP contribution in [0.15, 0.2) is 23.4 Å². The molecule has 0 aromatic carbocycles. The van der Waals surface area contributed by atoms with Crippen LogP contribution < -0.4 is 9.47 Å². The highest BCUT2D eigenvalue weighted by atomic mass is 32.2. The van der Waals surface area contributed by atoms with Gasteiger partial charge in [-0.1, -0.05) is 0 Å². The molecule has 0 spiro atoms. The van der Waals surface area contributed by atoms with Crippen molar-refractivity contribution in [3.63, 3.8) is 0 Å². The number of H-pyrrole nitrogens is 1. The van der Waals surface area contributed by atoms with Crippen molar-refractivity contribution in [3.8, 4) is 11.6 Å². The van der Waals surface area contributed by atoms with E-state index in [-0.39, 0.29) is 46.2 Å². The van der Waals surface area contributed by atoms with E-state index in [4.69, 9.17) is 13.6 Å². The van der Waals surface area contributed by atoms with Crippen LogP contribution in [0.2, 0.25) is 0 Å². The second-order valence-corrected chi connectivity index (χ2v) is 6.42. The van der Waals surface area contributed by atoms with E-state index >= 15 is 0 Å². The van der Waals surface area contributed by atoms with Gasteiger partial charge in [0.25, 0.3) is 0 Å². The number of rotatable bonds is 5. The predicted molar refractivity (Wildman–Crippen MR) is 90.8 cm³/mol. The monoisotopic (exact) mass is 349 g/mol. The van der Waals surface area contributed by atoms with Crippen LogP contribution in [-0.2, 0) is 16.9 Å². The first-order valence-electron chi connectivity index (χ1n) is 8.58. The molecule has 0 aliphatic heterocycles. The van der Waals surface area contributed by atoms with Crippen molar-refractivity contribution in [1.82, 2.24) is 19.9 Å². The minimum atomic E-state index is -1.62. The SMILES string of the molecule is [2H]c1nc(C[S+]([O-])c2nc3nc(OC)c([2H])c([2H])c3[nH]2)c(C)c(OC)c1C. The lowest BCUT2D eigenvalue weighted by molar-refractivity contribution is 0.399. The third kappa shape index (κ3) is 3.02. The Morgan fingerprint density at radius 3 is 2.75 bits per heavy atom. The van der Waals surface area contributed by atoms with Gasteiger partial charge in [0, 0.05) is 34.5 Å². The molecular formula is C16H18N4O3S. The molecule has 1 atom stereocenters. The van der Waals surface area contributed by atoms with Crippen LogP contribution in [0.4, 0.5) is 0 Å². The molecule has 3 heterocycles. The van der Waals surface area contributed by atoms with E-state index in [0.717, 1.165) is 0 Å². The van der Waals surface area contributed by atoms with Gasteiger partial charge in [-0.3, -0.25) is 9.97 Å². The van der Waals surface area contributed by atoms with Crippen LogP contribution in [0.3, 0.4) is 0 Å². The quantitative estimate of drug-likeness (QED) is 0.710. The van der Waals surface area contributed by atoms with E-state index in [1.165, 1.54) is 14.2 Å². The number of methoxy groups -OCH3 is 2. The Labute approximate surface area is 146 Å². The highest BCUT2D eigenvalue weighted by Gasteiger charge is 2.21. The van der Waals surface area contributed by atoms with Gasteiger partial charge in [0.2, 0.25) is 5.88 Å². The molecule has 24 heavy (non-hydrogen) atoms. The van der Waals surface area contributed by atoms with Gasteiger partial charge in [-0.25, -0.2) is 0 Å². The molecule has 1 N–H and O–H groups in total. The lowest BCUT2D eigenvalue weighted by Gasteiger charge is -2.13. The van der Waals surface area contributed by atoms with Gasteiger partial charge in [0.05, 0.1) is 29.5 Å². The van der Waals surface area contributed by atoms with Gasteiger partial charge in [-0.05, 0) is 19.9 Å². The first kappa shape index (κ1) is 13.0. The Balaban J connectivity index is 1.99. The summed E-state index contributed by atoms with van der Waals surface area (Å²) in [5, 5.41) is 0.117. The summed E-state index contributed by atoms with van der Waals surface area (Å²) in [6.45, 7) is 3.54. The fourth-order valence-electron chi connectivity index (χ4n) is 2.29. The number of aromatic nitrogens is 4. The molecule has 0 fully saturated rings. The number of fused-ring (bicyclic) bond motifs is 1. The van der Waals surface area contributed by atoms with Gasteiger partial charge in [-0.2, -0.15) is 9.97 Å². The zero-order chi connectivity index (χ0) is 19.9. The fraction of sp³-hybridized carbons (Fsp3) is 0.312. The summed E-state index contributed by atoms with van der Waals surface area (Å²) in [7, 11) is 2.87. The highest BCUT2D eigenvalue weighted by molar-refractivity contribution is 7.90. The maximum absolute atomic E-state index is 12.8. The zero-order valence-corrected chi connectivity index (χ0v) is 14.5. The lowest BCUT2D eigenvalue weighted by Crippen LogP contribution is -2.10. The van der Waals surface area contributed by atoms with E-state index in [9.17, 15) is 4.55 Å². The first-order valence-corrected chi connectivity index (χ1v) is 8.40. The molecule has 0 amide bonds. The Hall–Kier alpha value is -2.32. The number of nitrogens with zero attached hydrogens (tertiary/aromatic N) is 3. The molecule has 3 rings (SSSR count). The third-order valence-corrected chi connectivity index (χ3v) is 4.68. The number of ether oxygens (including phenoxy) is 2. The number of hydrogen-bond donors (Lipinski definition) is 1. The largest absolute Gasteiger partial charge is 0.609 e. The minimum Gasteiger partial charge on any atom is -0.609 e. The molecule has 3 aromatic heterocycles. The van der Waals surface area contributed by atoms with Gasteiger partial charge in [-0.15, -0.1) is 0 Å². The van der Waals surface area contributed by atoms with Crippen molar-refractivity contribution in [2.75, 3.05) is 14.2 Å². The molecule has 0 bridgehead atoms. The molecule has 0 radical (unpaired) electrons.